The van der Waals surface area contributed by atoms with Crippen LogP contribution in [0.25, 0.3) is 0 Å². The second kappa shape index (κ2) is 9.93. The normalized spacial score (nSPS) is 18.7. The largest absolute Gasteiger partial charge is 0.374 e. The Morgan fingerprint density at radius 1 is 1.24 bits per heavy atom. The maximum absolute atomic E-state index is 12.1. The van der Waals surface area contributed by atoms with Gasteiger partial charge in [-0.05, 0) is 29.4 Å². The zero-order valence-corrected chi connectivity index (χ0v) is 16.3. The number of carbonyl (C=O) groups is 1. The summed E-state index contributed by atoms with van der Waals surface area (Å²) in [5.41, 5.74) is 2.56. The van der Waals surface area contributed by atoms with Crippen molar-refractivity contribution in [3.8, 4) is 0 Å². The van der Waals surface area contributed by atoms with Crippen molar-refractivity contribution in [3.05, 3.63) is 35.4 Å². The van der Waals surface area contributed by atoms with Crippen molar-refractivity contribution < 1.29 is 9.53 Å². The van der Waals surface area contributed by atoms with Crippen molar-refractivity contribution in [2.75, 3.05) is 32.8 Å². The van der Waals surface area contributed by atoms with E-state index in [9.17, 15) is 4.79 Å². The van der Waals surface area contributed by atoms with Crippen LogP contribution in [0.4, 0.5) is 0 Å². The van der Waals surface area contributed by atoms with Gasteiger partial charge in [-0.25, -0.2) is 0 Å². The predicted molar refractivity (Wildman–Crippen MR) is 103 cm³/mol. The van der Waals surface area contributed by atoms with Crippen molar-refractivity contribution in [1.29, 1.82) is 0 Å². The molecule has 1 aromatic carbocycles. The summed E-state index contributed by atoms with van der Waals surface area (Å²) < 4.78 is 5.78. The number of amides is 1. The Kier molecular flexibility index (Phi) is 7.91. The van der Waals surface area contributed by atoms with Gasteiger partial charge in [0.25, 0.3) is 0 Å². The van der Waals surface area contributed by atoms with Crippen LogP contribution in [0.5, 0.6) is 0 Å². The minimum Gasteiger partial charge on any atom is -0.374 e. The van der Waals surface area contributed by atoms with Crippen LogP contribution in [-0.4, -0.2) is 49.7 Å². The Morgan fingerprint density at radius 2 is 1.96 bits per heavy atom. The van der Waals surface area contributed by atoms with E-state index in [1.165, 1.54) is 11.1 Å². The van der Waals surface area contributed by atoms with Crippen LogP contribution in [0, 0.1) is 5.92 Å². The summed E-state index contributed by atoms with van der Waals surface area (Å²) >= 11 is 0. The molecule has 0 saturated carbocycles. The predicted octanol–water partition coefficient (Wildman–Crippen LogP) is 3.22. The number of benzene rings is 1. The fourth-order valence-corrected chi connectivity index (χ4v) is 3.23. The second-order valence-electron chi connectivity index (χ2n) is 7.85. The van der Waals surface area contributed by atoms with Crippen LogP contribution >= 0.6 is 0 Å². The van der Waals surface area contributed by atoms with Gasteiger partial charge in [0.1, 0.15) is 0 Å². The lowest BCUT2D eigenvalue weighted by atomic mass is 10.0. The summed E-state index contributed by atoms with van der Waals surface area (Å²) in [6.07, 6.45) is 1.43. The Balaban J connectivity index is 1.68. The van der Waals surface area contributed by atoms with Crippen LogP contribution in [0.3, 0.4) is 0 Å². The van der Waals surface area contributed by atoms with Gasteiger partial charge in [0.05, 0.1) is 12.7 Å². The number of hydrogen-bond donors (Lipinski definition) is 1. The molecule has 2 rings (SSSR count). The van der Waals surface area contributed by atoms with Gasteiger partial charge in [-0.3, -0.25) is 9.69 Å². The van der Waals surface area contributed by atoms with Gasteiger partial charge in [0.15, 0.2) is 0 Å². The lowest BCUT2D eigenvalue weighted by Crippen LogP contribution is -2.48. The van der Waals surface area contributed by atoms with Gasteiger partial charge in [0, 0.05) is 32.6 Å². The first-order valence-electron chi connectivity index (χ1n) is 9.63. The monoisotopic (exact) mass is 346 g/mol. The van der Waals surface area contributed by atoms with Crippen molar-refractivity contribution >= 4 is 5.91 Å². The Hall–Kier alpha value is -1.39. The average molecular weight is 347 g/mol. The molecule has 1 unspecified atom stereocenters. The van der Waals surface area contributed by atoms with Crippen LogP contribution < -0.4 is 5.32 Å². The van der Waals surface area contributed by atoms with Crippen LogP contribution in [0.1, 0.15) is 51.2 Å². The highest BCUT2D eigenvalue weighted by molar-refractivity contribution is 5.76. The van der Waals surface area contributed by atoms with E-state index in [0.29, 0.717) is 24.8 Å². The first kappa shape index (κ1) is 19.9. The molecule has 0 spiro atoms. The quantitative estimate of drug-likeness (QED) is 0.786. The summed E-state index contributed by atoms with van der Waals surface area (Å²) in [5.74, 6) is 1.32. The third kappa shape index (κ3) is 7.17. The number of morpholine rings is 1. The molecule has 1 aliphatic heterocycles. The number of nitrogens with zero attached hydrogens (tertiary/aromatic N) is 1. The number of aryl methyl sites for hydroxylation is 1. The summed E-state index contributed by atoms with van der Waals surface area (Å²) in [6, 6.07) is 8.60. The van der Waals surface area contributed by atoms with E-state index in [4.69, 9.17) is 4.74 Å². The fourth-order valence-electron chi connectivity index (χ4n) is 3.23. The number of nitrogens with one attached hydrogen (secondary N) is 1. The molecule has 1 aromatic rings. The smallest absolute Gasteiger partial charge is 0.220 e. The number of carbonyl (C=O) groups excluding carboxylic acids is 1. The van der Waals surface area contributed by atoms with Crippen LogP contribution in [-0.2, 0) is 16.0 Å². The highest BCUT2D eigenvalue weighted by Crippen LogP contribution is 2.15. The lowest BCUT2D eigenvalue weighted by Gasteiger charge is -2.33. The van der Waals surface area contributed by atoms with Gasteiger partial charge in [-0.2, -0.15) is 0 Å². The molecule has 4 heteroatoms. The molecule has 1 fully saturated rings. The molecule has 1 heterocycles. The van der Waals surface area contributed by atoms with Crippen molar-refractivity contribution in [2.45, 2.75) is 52.6 Å². The maximum atomic E-state index is 12.1. The van der Waals surface area contributed by atoms with E-state index in [1.54, 1.807) is 0 Å². The molecule has 1 amide bonds. The summed E-state index contributed by atoms with van der Waals surface area (Å²) in [6.45, 7) is 13.2. The molecule has 1 N–H and O–H groups in total. The van der Waals surface area contributed by atoms with Gasteiger partial charge in [-0.15, -0.1) is 0 Å². The molecular formula is C21H34N2O2. The van der Waals surface area contributed by atoms with E-state index < -0.39 is 0 Å². The number of ether oxygens (including phenoxy) is 1. The van der Waals surface area contributed by atoms with E-state index in [0.717, 1.165) is 32.7 Å². The summed E-state index contributed by atoms with van der Waals surface area (Å²) in [5, 5.41) is 3.04. The van der Waals surface area contributed by atoms with E-state index in [-0.39, 0.29) is 12.0 Å². The minimum atomic E-state index is 0.109. The number of rotatable bonds is 8. The Morgan fingerprint density at radius 3 is 2.60 bits per heavy atom. The topological polar surface area (TPSA) is 41.6 Å². The van der Waals surface area contributed by atoms with Crippen molar-refractivity contribution in [1.82, 2.24) is 10.2 Å². The molecule has 1 aliphatic rings. The molecule has 140 valence electrons. The first-order chi connectivity index (χ1) is 11.9. The SMILES string of the molecule is CC(C)CN1CCOC(CNC(=O)CCc2ccc(C(C)C)cc2)C1. The van der Waals surface area contributed by atoms with Gasteiger partial charge in [0.2, 0.25) is 5.91 Å². The third-order valence-corrected chi connectivity index (χ3v) is 4.66. The van der Waals surface area contributed by atoms with E-state index >= 15 is 0 Å². The zero-order chi connectivity index (χ0) is 18.2. The Labute approximate surface area is 152 Å². The average Bonchev–Trinajstić information content (AvgIpc) is 2.58. The molecule has 4 nitrogen and oxygen atoms in total. The van der Waals surface area contributed by atoms with Gasteiger partial charge >= 0.3 is 0 Å². The van der Waals surface area contributed by atoms with Gasteiger partial charge < -0.3 is 10.1 Å². The summed E-state index contributed by atoms with van der Waals surface area (Å²) in [4.78, 5) is 14.5. The fraction of sp³-hybridized carbons (Fsp3) is 0.667. The molecule has 0 radical (unpaired) electrons. The molecule has 25 heavy (non-hydrogen) atoms. The summed E-state index contributed by atoms with van der Waals surface area (Å²) in [7, 11) is 0. The highest BCUT2D eigenvalue weighted by atomic mass is 16.5. The second-order valence-corrected chi connectivity index (χ2v) is 7.85. The highest BCUT2D eigenvalue weighted by Gasteiger charge is 2.21. The molecule has 1 atom stereocenters. The molecule has 0 bridgehead atoms. The lowest BCUT2D eigenvalue weighted by molar-refractivity contribution is -0.122. The van der Waals surface area contributed by atoms with E-state index in [1.807, 2.05) is 0 Å². The van der Waals surface area contributed by atoms with Crippen LogP contribution in [0.15, 0.2) is 24.3 Å². The van der Waals surface area contributed by atoms with Crippen LogP contribution in [0.2, 0.25) is 0 Å². The zero-order valence-electron chi connectivity index (χ0n) is 16.3. The molecular weight excluding hydrogens is 312 g/mol. The first-order valence-corrected chi connectivity index (χ1v) is 9.63. The number of hydrogen-bond acceptors (Lipinski definition) is 3. The molecule has 0 aromatic heterocycles. The van der Waals surface area contributed by atoms with Crippen molar-refractivity contribution in [3.63, 3.8) is 0 Å². The molecule has 1 saturated heterocycles. The van der Waals surface area contributed by atoms with Gasteiger partial charge in [-0.1, -0.05) is 52.0 Å². The molecule has 0 aliphatic carbocycles. The maximum Gasteiger partial charge on any atom is 0.220 e. The van der Waals surface area contributed by atoms with Crippen molar-refractivity contribution in [2.24, 2.45) is 5.92 Å². The standard InChI is InChI=1S/C21H34N2O2/c1-16(2)14-23-11-12-25-20(15-23)13-22-21(24)10-7-18-5-8-19(9-6-18)17(3)4/h5-6,8-9,16-17,20H,7,10-15H2,1-4H3,(H,22,24). The van der Waals surface area contributed by atoms with E-state index in [2.05, 4.69) is 62.2 Å². The minimum absolute atomic E-state index is 0.109. The Bertz CT molecular complexity index is 525. The third-order valence-electron chi connectivity index (χ3n) is 4.66.